The highest BCUT2D eigenvalue weighted by Gasteiger charge is 2.12. The fourth-order valence-corrected chi connectivity index (χ4v) is 2.85. The predicted molar refractivity (Wildman–Crippen MR) is 104 cm³/mol. The number of anilines is 1. The van der Waals surface area contributed by atoms with Crippen LogP contribution in [0.5, 0.6) is 11.5 Å². The van der Waals surface area contributed by atoms with E-state index in [0.29, 0.717) is 33.1 Å². The van der Waals surface area contributed by atoms with Crippen LogP contribution in [0.1, 0.15) is 6.42 Å². The van der Waals surface area contributed by atoms with Crippen molar-refractivity contribution in [1.82, 2.24) is 9.55 Å². The molecule has 2 aromatic carbocycles. The Hall–Kier alpha value is -3.06. The molecule has 3 aromatic rings. The zero-order valence-electron chi connectivity index (χ0n) is 14.9. The smallest absolute Gasteiger partial charge is 0.261 e. The summed E-state index contributed by atoms with van der Waals surface area (Å²) in [6.07, 6.45) is 1.54. The molecule has 1 aromatic heterocycles. The second kappa shape index (κ2) is 8.09. The lowest BCUT2D eigenvalue weighted by Gasteiger charge is -2.11. The van der Waals surface area contributed by atoms with E-state index < -0.39 is 0 Å². The Labute approximate surface area is 160 Å². The summed E-state index contributed by atoms with van der Waals surface area (Å²) in [5, 5.41) is 3.68. The van der Waals surface area contributed by atoms with Gasteiger partial charge in [0, 0.05) is 29.7 Å². The number of aryl methyl sites for hydroxylation is 1. The normalized spacial score (nSPS) is 10.6. The van der Waals surface area contributed by atoms with E-state index in [0.717, 1.165) is 0 Å². The van der Waals surface area contributed by atoms with Gasteiger partial charge in [-0.3, -0.25) is 14.2 Å². The lowest BCUT2D eigenvalue weighted by atomic mass is 10.2. The van der Waals surface area contributed by atoms with E-state index in [1.165, 1.54) is 25.1 Å². The summed E-state index contributed by atoms with van der Waals surface area (Å²) in [4.78, 5) is 29.1. The number of hydrogen-bond donors (Lipinski definition) is 1. The van der Waals surface area contributed by atoms with Gasteiger partial charge < -0.3 is 14.8 Å². The first-order chi connectivity index (χ1) is 13.0. The number of halogens is 1. The van der Waals surface area contributed by atoms with Crippen LogP contribution < -0.4 is 20.3 Å². The molecule has 1 amide bonds. The van der Waals surface area contributed by atoms with E-state index in [4.69, 9.17) is 21.1 Å². The Kier molecular flexibility index (Phi) is 5.61. The van der Waals surface area contributed by atoms with Crippen LogP contribution in [0.3, 0.4) is 0 Å². The van der Waals surface area contributed by atoms with E-state index in [9.17, 15) is 9.59 Å². The van der Waals surface area contributed by atoms with Gasteiger partial charge >= 0.3 is 0 Å². The Morgan fingerprint density at radius 1 is 1.19 bits per heavy atom. The number of rotatable bonds is 6. The van der Waals surface area contributed by atoms with Crippen LogP contribution in [0.2, 0.25) is 5.02 Å². The molecule has 0 bridgehead atoms. The Morgan fingerprint density at radius 3 is 2.63 bits per heavy atom. The number of benzene rings is 2. The van der Waals surface area contributed by atoms with Crippen LogP contribution in [-0.2, 0) is 11.3 Å². The van der Waals surface area contributed by atoms with Crippen LogP contribution in [0, 0.1) is 0 Å². The van der Waals surface area contributed by atoms with Gasteiger partial charge in [-0.25, -0.2) is 4.98 Å². The van der Waals surface area contributed by atoms with E-state index in [1.54, 1.807) is 36.4 Å². The fourth-order valence-electron chi connectivity index (χ4n) is 2.66. The predicted octanol–water partition coefficient (Wildman–Crippen LogP) is 3.10. The van der Waals surface area contributed by atoms with Crippen molar-refractivity contribution in [2.75, 3.05) is 19.5 Å². The first kappa shape index (κ1) is 18.7. The molecule has 1 N–H and O–H groups in total. The monoisotopic (exact) mass is 387 g/mol. The molecule has 7 nitrogen and oxygen atoms in total. The zero-order chi connectivity index (χ0) is 19.4. The molecule has 0 aliphatic carbocycles. The molecule has 0 atom stereocenters. The molecule has 8 heteroatoms. The first-order valence-electron chi connectivity index (χ1n) is 8.18. The van der Waals surface area contributed by atoms with Crippen molar-refractivity contribution in [2.45, 2.75) is 13.0 Å². The van der Waals surface area contributed by atoms with Gasteiger partial charge in [0.05, 0.1) is 31.4 Å². The summed E-state index contributed by atoms with van der Waals surface area (Å²) in [7, 11) is 3.02. The minimum Gasteiger partial charge on any atom is -0.493 e. The van der Waals surface area contributed by atoms with Gasteiger partial charge in [-0.05, 0) is 24.3 Å². The molecule has 3 rings (SSSR count). The SMILES string of the molecule is COc1cc2ncn(CCC(=O)Nc3cccc(Cl)c3)c(=O)c2cc1OC. The Morgan fingerprint density at radius 2 is 1.93 bits per heavy atom. The van der Waals surface area contributed by atoms with Crippen LogP contribution in [0.4, 0.5) is 5.69 Å². The number of carbonyl (C=O) groups is 1. The van der Waals surface area contributed by atoms with Gasteiger partial charge in [0.2, 0.25) is 5.91 Å². The van der Waals surface area contributed by atoms with Gasteiger partial charge in [0.1, 0.15) is 0 Å². The third-order valence-corrected chi connectivity index (χ3v) is 4.25. The molecule has 0 aliphatic rings. The number of fused-ring (bicyclic) bond motifs is 1. The van der Waals surface area contributed by atoms with Gasteiger partial charge in [0.25, 0.3) is 5.56 Å². The maximum atomic E-state index is 12.7. The molecule has 0 radical (unpaired) electrons. The van der Waals surface area contributed by atoms with Crippen molar-refractivity contribution >= 4 is 34.1 Å². The molecule has 0 fully saturated rings. The summed E-state index contributed by atoms with van der Waals surface area (Å²) in [6, 6.07) is 10.1. The number of nitrogens with one attached hydrogen (secondary N) is 1. The second-order valence-corrected chi connectivity index (χ2v) is 6.21. The highest BCUT2D eigenvalue weighted by molar-refractivity contribution is 6.30. The molecule has 0 aliphatic heterocycles. The number of nitrogens with zero attached hydrogens (tertiary/aromatic N) is 2. The van der Waals surface area contributed by atoms with Gasteiger partial charge in [0.15, 0.2) is 11.5 Å². The number of hydrogen-bond acceptors (Lipinski definition) is 5. The highest BCUT2D eigenvalue weighted by atomic mass is 35.5. The maximum absolute atomic E-state index is 12.7. The van der Waals surface area contributed by atoms with Crippen molar-refractivity contribution in [3.05, 3.63) is 58.1 Å². The first-order valence-corrected chi connectivity index (χ1v) is 8.56. The number of carbonyl (C=O) groups excluding carboxylic acids is 1. The number of aromatic nitrogens is 2. The molecule has 0 saturated carbocycles. The molecule has 140 valence electrons. The van der Waals surface area contributed by atoms with E-state index in [2.05, 4.69) is 10.3 Å². The minimum atomic E-state index is -0.253. The molecular formula is C19H18ClN3O4. The lowest BCUT2D eigenvalue weighted by Crippen LogP contribution is -2.23. The van der Waals surface area contributed by atoms with Gasteiger partial charge in [-0.1, -0.05) is 17.7 Å². The van der Waals surface area contributed by atoms with Crippen LogP contribution in [0.25, 0.3) is 10.9 Å². The number of methoxy groups -OCH3 is 2. The van der Waals surface area contributed by atoms with Crippen molar-refractivity contribution in [1.29, 1.82) is 0 Å². The Bertz CT molecular complexity index is 1050. The van der Waals surface area contributed by atoms with Crippen molar-refractivity contribution < 1.29 is 14.3 Å². The van der Waals surface area contributed by atoms with Gasteiger partial charge in [-0.15, -0.1) is 0 Å². The Balaban J connectivity index is 1.78. The van der Waals surface area contributed by atoms with Crippen LogP contribution in [0.15, 0.2) is 47.5 Å². The largest absolute Gasteiger partial charge is 0.493 e. The lowest BCUT2D eigenvalue weighted by molar-refractivity contribution is -0.116. The maximum Gasteiger partial charge on any atom is 0.261 e. The zero-order valence-corrected chi connectivity index (χ0v) is 15.6. The molecule has 0 unspecified atom stereocenters. The quantitative estimate of drug-likeness (QED) is 0.702. The van der Waals surface area contributed by atoms with Crippen molar-refractivity contribution in [2.24, 2.45) is 0 Å². The third-order valence-electron chi connectivity index (χ3n) is 4.02. The van der Waals surface area contributed by atoms with E-state index in [1.807, 2.05) is 0 Å². The average Bonchev–Trinajstić information content (AvgIpc) is 2.66. The van der Waals surface area contributed by atoms with Crippen LogP contribution in [-0.4, -0.2) is 29.7 Å². The average molecular weight is 388 g/mol. The summed E-state index contributed by atoms with van der Waals surface area (Å²) < 4.78 is 11.9. The summed E-state index contributed by atoms with van der Waals surface area (Å²) in [6.45, 7) is 0.197. The summed E-state index contributed by atoms with van der Waals surface area (Å²) in [5.74, 6) is 0.715. The van der Waals surface area contributed by atoms with Crippen LogP contribution >= 0.6 is 11.6 Å². The molecular weight excluding hydrogens is 370 g/mol. The highest BCUT2D eigenvalue weighted by Crippen LogP contribution is 2.29. The third kappa shape index (κ3) is 4.20. The fraction of sp³-hybridized carbons (Fsp3) is 0.211. The molecule has 0 spiro atoms. The van der Waals surface area contributed by atoms with Gasteiger partial charge in [-0.2, -0.15) is 0 Å². The summed E-state index contributed by atoms with van der Waals surface area (Å²) >= 11 is 5.90. The van der Waals surface area contributed by atoms with E-state index in [-0.39, 0.29) is 24.4 Å². The van der Waals surface area contributed by atoms with Crippen molar-refractivity contribution in [3.63, 3.8) is 0 Å². The number of amides is 1. The standard InChI is InChI=1S/C19H18ClN3O4/c1-26-16-9-14-15(10-17(16)27-2)21-11-23(19(14)25)7-6-18(24)22-13-5-3-4-12(20)8-13/h3-5,8-11H,6-7H2,1-2H3,(H,22,24). The van der Waals surface area contributed by atoms with E-state index >= 15 is 0 Å². The summed E-state index contributed by atoms with van der Waals surface area (Å²) in [5.41, 5.74) is 0.849. The molecule has 1 heterocycles. The topological polar surface area (TPSA) is 82.5 Å². The van der Waals surface area contributed by atoms with Crippen molar-refractivity contribution in [3.8, 4) is 11.5 Å². The number of ether oxygens (including phenoxy) is 2. The molecule has 27 heavy (non-hydrogen) atoms. The minimum absolute atomic E-state index is 0.118. The second-order valence-electron chi connectivity index (χ2n) is 5.78. The molecule has 0 saturated heterocycles.